The molecule has 0 saturated carbocycles. The number of aromatic nitrogens is 1. The summed E-state index contributed by atoms with van der Waals surface area (Å²) in [7, 11) is 0. The molecule has 1 heterocycles. The molecular weight excluding hydrogens is 232 g/mol. The molecule has 0 radical (unpaired) electrons. The van der Waals surface area contributed by atoms with Crippen molar-refractivity contribution < 1.29 is 4.42 Å². The molecule has 17 heavy (non-hydrogen) atoms. The van der Waals surface area contributed by atoms with E-state index in [-0.39, 0.29) is 11.9 Å². The van der Waals surface area contributed by atoms with Crippen molar-refractivity contribution >= 4 is 17.8 Å². The lowest BCUT2D eigenvalue weighted by Crippen LogP contribution is -1.89. The quantitative estimate of drug-likeness (QED) is 0.840. The molecule has 0 unspecified atom stereocenters. The Hall–Kier alpha value is -1.42. The molecule has 0 spiro atoms. The average molecular weight is 248 g/mol. The summed E-state index contributed by atoms with van der Waals surface area (Å²) in [6, 6.07) is 8.49. The normalized spacial score (nSPS) is 11.1. The maximum absolute atomic E-state index is 5.63. The summed E-state index contributed by atoms with van der Waals surface area (Å²) >= 11 is 1.72. The van der Waals surface area contributed by atoms with Crippen LogP contribution in [0.15, 0.2) is 33.6 Å². The number of nitrogens with zero attached hydrogens (tertiary/aromatic N) is 1. The molecule has 1 aromatic heterocycles. The van der Waals surface area contributed by atoms with E-state index in [0.717, 1.165) is 17.0 Å². The molecule has 0 fully saturated rings. The number of nitrogens with two attached hydrogens (primary N) is 1. The maximum atomic E-state index is 5.63. The van der Waals surface area contributed by atoms with Crippen LogP contribution in [0.4, 0.5) is 6.01 Å². The maximum Gasteiger partial charge on any atom is 0.292 e. The number of rotatable bonds is 3. The lowest BCUT2D eigenvalue weighted by molar-refractivity contribution is 0.500. The number of thioether (sulfide) groups is 1. The first kappa shape index (κ1) is 12.0. The topological polar surface area (TPSA) is 52.0 Å². The lowest BCUT2D eigenvalue weighted by Gasteiger charge is -2.04. The highest BCUT2D eigenvalue weighted by molar-refractivity contribution is 7.98. The molecule has 4 heteroatoms. The van der Waals surface area contributed by atoms with E-state index < -0.39 is 0 Å². The number of benzene rings is 1. The first-order valence-corrected chi connectivity index (χ1v) is 6.75. The molecule has 3 nitrogen and oxygen atoms in total. The van der Waals surface area contributed by atoms with Gasteiger partial charge in [0.05, 0.1) is 0 Å². The second kappa shape index (κ2) is 4.84. The smallest absolute Gasteiger partial charge is 0.292 e. The third-order valence-electron chi connectivity index (χ3n) is 2.56. The van der Waals surface area contributed by atoms with Crippen molar-refractivity contribution in [1.29, 1.82) is 0 Å². The van der Waals surface area contributed by atoms with E-state index in [4.69, 9.17) is 10.2 Å². The summed E-state index contributed by atoms with van der Waals surface area (Å²) in [5.74, 6) is 1.12. The van der Waals surface area contributed by atoms with Crippen molar-refractivity contribution in [2.24, 2.45) is 0 Å². The summed E-state index contributed by atoms with van der Waals surface area (Å²) in [6.45, 7) is 4.14. The summed E-state index contributed by atoms with van der Waals surface area (Å²) in [5.41, 5.74) is 7.53. The molecule has 0 aliphatic heterocycles. The van der Waals surface area contributed by atoms with Crippen LogP contribution in [-0.4, -0.2) is 11.2 Å². The van der Waals surface area contributed by atoms with Crippen LogP contribution in [-0.2, 0) is 0 Å². The SMILES string of the molecule is CSc1ccc(-c2nc(N)oc2C(C)C)cc1. The fraction of sp³-hybridized carbons (Fsp3) is 0.308. The second-order valence-electron chi connectivity index (χ2n) is 4.15. The molecule has 2 aromatic rings. The third kappa shape index (κ3) is 2.47. The minimum absolute atomic E-state index is 0.234. The van der Waals surface area contributed by atoms with Crippen molar-refractivity contribution in [1.82, 2.24) is 4.98 Å². The third-order valence-corrected chi connectivity index (χ3v) is 3.30. The van der Waals surface area contributed by atoms with Crippen LogP contribution in [0.5, 0.6) is 0 Å². The molecule has 0 saturated heterocycles. The van der Waals surface area contributed by atoms with Gasteiger partial charge in [0.15, 0.2) is 0 Å². The molecule has 0 amide bonds. The van der Waals surface area contributed by atoms with Crippen LogP contribution in [0.1, 0.15) is 25.5 Å². The van der Waals surface area contributed by atoms with E-state index in [0.29, 0.717) is 0 Å². The zero-order chi connectivity index (χ0) is 12.4. The monoisotopic (exact) mass is 248 g/mol. The van der Waals surface area contributed by atoms with E-state index in [1.54, 1.807) is 11.8 Å². The summed E-state index contributed by atoms with van der Waals surface area (Å²) in [4.78, 5) is 5.49. The minimum atomic E-state index is 0.234. The van der Waals surface area contributed by atoms with Gasteiger partial charge in [0.25, 0.3) is 6.01 Å². The first-order valence-electron chi connectivity index (χ1n) is 5.52. The van der Waals surface area contributed by atoms with Gasteiger partial charge in [-0.3, -0.25) is 0 Å². The lowest BCUT2D eigenvalue weighted by atomic mass is 10.0. The number of anilines is 1. The fourth-order valence-electron chi connectivity index (χ4n) is 1.70. The Morgan fingerprint density at radius 3 is 2.41 bits per heavy atom. The van der Waals surface area contributed by atoms with Gasteiger partial charge in [-0.1, -0.05) is 26.0 Å². The van der Waals surface area contributed by atoms with Crippen molar-refractivity contribution in [2.45, 2.75) is 24.7 Å². The van der Waals surface area contributed by atoms with Crippen LogP contribution in [0.3, 0.4) is 0 Å². The van der Waals surface area contributed by atoms with Gasteiger partial charge in [-0.05, 0) is 18.4 Å². The number of hydrogen-bond acceptors (Lipinski definition) is 4. The van der Waals surface area contributed by atoms with Gasteiger partial charge in [-0.2, -0.15) is 4.98 Å². The number of hydrogen-bond donors (Lipinski definition) is 1. The number of nitrogen functional groups attached to an aromatic ring is 1. The van der Waals surface area contributed by atoms with E-state index in [2.05, 4.69) is 49.4 Å². The van der Waals surface area contributed by atoms with Crippen LogP contribution in [0, 0.1) is 0 Å². The Morgan fingerprint density at radius 1 is 1.24 bits per heavy atom. The molecule has 0 aliphatic rings. The van der Waals surface area contributed by atoms with Gasteiger partial charge in [0.1, 0.15) is 11.5 Å². The standard InChI is InChI=1S/C13H16N2OS/c1-8(2)12-11(15-13(14)16-12)9-4-6-10(17-3)7-5-9/h4-8H,1-3H3,(H2,14,15). The second-order valence-corrected chi connectivity index (χ2v) is 5.03. The minimum Gasteiger partial charge on any atom is -0.428 e. The van der Waals surface area contributed by atoms with E-state index in [1.165, 1.54) is 4.90 Å². The Kier molecular flexibility index (Phi) is 3.43. The highest BCUT2D eigenvalue weighted by Crippen LogP contribution is 2.31. The van der Waals surface area contributed by atoms with Gasteiger partial charge in [0, 0.05) is 16.4 Å². The van der Waals surface area contributed by atoms with Gasteiger partial charge in [-0.25, -0.2) is 0 Å². The summed E-state index contributed by atoms with van der Waals surface area (Å²) < 4.78 is 5.45. The number of oxazole rings is 1. The van der Waals surface area contributed by atoms with Crippen LogP contribution in [0.2, 0.25) is 0 Å². The van der Waals surface area contributed by atoms with Crippen LogP contribution >= 0.6 is 11.8 Å². The van der Waals surface area contributed by atoms with Gasteiger partial charge in [-0.15, -0.1) is 11.8 Å². The van der Waals surface area contributed by atoms with Gasteiger partial charge in [0.2, 0.25) is 0 Å². The van der Waals surface area contributed by atoms with Crippen molar-refractivity contribution in [3.63, 3.8) is 0 Å². The van der Waals surface area contributed by atoms with Crippen LogP contribution in [0.25, 0.3) is 11.3 Å². The predicted octanol–water partition coefficient (Wildman–Crippen LogP) is 3.77. The predicted molar refractivity (Wildman–Crippen MR) is 72.2 cm³/mol. The Morgan fingerprint density at radius 2 is 1.88 bits per heavy atom. The van der Waals surface area contributed by atoms with Gasteiger partial charge >= 0.3 is 0 Å². The first-order chi connectivity index (χ1) is 8.11. The molecule has 0 aliphatic carbocycles. The summed E-state index contributed by atoms with van der Waals surface area (Å²) in [6.07, 6.45) is 2.06. The zero-order valence-corrected chi connectivity index (χ0v) is 11.0. The Balaban J connectivity index is 2.44. The molecule has 1 aromatic carbocycles. The van der Waals surface area contributed by atoms with E-state index >= 15 is 0 Å². The highest BCUT2D eigenvalue weighted by atomic mass is 32.2. The van der Waals surface area contributed by atoms with Crippen LogP contribution < -0.4 is 5.73 Å². The van der Waals surface area contributed by atoms with E-state index in [1.807, 2.05) is 0 Å². The largest absolute Gasteiger partial charge is 0.428 e. The van der Waals surface area contributed by atoms with Gasteiger partial charge < -0.3 is 10.2 Å². The molecule has 0 atom stereocenters. The fourth-order valence-corrected chi connectivity index (χ4v) is 2.10. The summed E-state index contributed by atoms with van der Waals surface area (Å²) in [5, 5.41) is 0. The Bertz CT molecular complexity index is 503. The van der Waals surface area contributed by atoms with Crippen molar-refractivity contribution in [2.75, 3.05) is 12.0 Å². The molecule has 0 bridgehead atoms. The van der Waals surface area contributed by atoms with E-state index in [9.17, 15) is 0 Å². The average Bonchev–Trinajstić information content (AvgIpc) is 2.72. The zero-order valence-electron chi connectivity index (χ0n) is 10.2. The molecule has 90 valence electrons. The Labute approximate surface area is 105 Å². The highest BCUT2D eigenvalue weighted by Gasteiger charge is 2.16. The molecule has 2 N–H and O–H groups in total. The molecular formula is C13H16N2OS. The van der Waals surface area contributed by atoms with Crippen molar-refractivity contribution in [3.05, 3.63) is 30.0 Å². The molecule has 2 rings (SSSR count). The van der Waals surface area contributed by atoms with Crippen molar-refractivity contribution in [3.8, 4) is 11.3 Å².